The first kappa shape index (κ1) is 16.9. The van der Waals surface area contributed by atoms with Crippen molar-refractivity contribution in [3.05, 3.63) is 108 Å². The normalized spacial score (nSPS) is 9.62. The number of carbonyl (C=O) groups excluding carboxylic acids is 1. The fourth-order valence-electron chi connectivity index (χ4n) is 1.86. The van der Waals surface area contributed by atoms with Crippen LogP contribution < -0.4 is 0 Å². The number of hydrogen-bond acceptors (Lipinski definition) is 3. The molecule has 0 saturated carbocycles. The molecule has 3 rings (SSSR count). The van der Waals surface area contributed by atoms with E-state index < -0.39 is 0 Å². The third-order valence-electron chi connectivity index (χ3n) is 3.09. The van der Waals surface area contributed by atoms with Crippen molar-refractivity contribution in [1.82, 2.24) is 4.98 Å². The first-order valence-corrected chi connectivity index (χ1v) is 7.42. The monoisotopic (exact) mass is 312 g/mol. The van der Waals surface area contributed by atoms with Crippen LogP contribution in [0.3, 0.4) is 0 Å². The van der Waals surface area contributed by atoms with Crippen LogP contribution >= 0.6 is 0 Å². The Kier molecular flexibility index (Phi) is 6.67. The number of hydrogen-bond donors (Lipinski definition) is 0. The zero-order valence-corrected chi connectivity index (χ0v) is 13.0. The van der Waals surface area contributed by atoms with E-state index in [2.05, 4.69) is 4.98 Å². The Balaban J connectivity index is 0.000000219. The molecule has 0 unspecified atom stereocenters. The fourth-order valence-corrected chi connectivity index (χ4v) is 1.86. The van der Waals surface area contributed by atoms with Crippen LogP contribution in [0.4, 0.5) is 0 Å². The molecule has 1 aromatic heterocycles. The predicted molar refractivity (Wildman–Crippen MR) is 95.2 cm³/mol. The SMILES string of the molecule is N#Cc1ccncc1.O=C(C=Cc1ccccc1)c1ccccc1. The van der Waals surface area contributed by atoms with Crippen LogP contribution in [0.25, 0.3) is 6.08 Å². The van der Waals surface area contributed by atoms with Crippen LogP contribution in [0.5, 0.6) is 0 Å². The quantitative estimate of drug-likeness (QED) is 0.527. The van der Waals surface area contributed by atoms with Gasteiger partial charge in [0.15, 0.2) is 5.78 Å². The maximum Gasteiger partial charge on any atom is 0.185 e. The van der Waals surface area contributed by atoms with Gasteiger partial charge in [-0.3, -0.25) is 9.78 Å². The van der Waals surface area contributed by atoms with Gasteiger partial charge < -0.3 is 0 Å². The molecule has 0 saturated heterocycles. The summed E-state index contributed by atoms with van der Waals surface area (Å²) in [5, 5.41) is 8.26. The molecule has 3 heteroatoms. The van der Waals surface area contributed by atoms with Crippen LogP contribution in [-0.4, -0.2) is 10.8 Å². The topological polar surface area (TPSA) is 53.8 Å². The van der Waals surface area contributed by atoms with Gasteiger partial charge >= 0.3 is 0 Å². The van der Waals surface area contributed by atoms with Gasteiger partial charge in [0.1, 0.15) is 0 Å². The average Bonchev–Trinajstić information content (AvgIpc) is 2.69. The lowest BCUT2D eigenvalue weighted by molar-refractivity contribution is 0.104. The summed E-state index contributed by atoms with van der Waals surface area (Å²) in [4.78, 5) is 15.5. The molecule has 2 aromatic carbocycles. The van der Waals surface area contributed by atoms with Crippen molar-refractivity contribution in [3.8, 4) is 6.07 Å². The second-order valence-corrected chi connectivity index (χ2v) is 4.82. The summed E-state index contributed by atoms with van der Waals surface area (Å²) in [6.07, 6.45) is 6.62. The molecule has 0 aliphatic rings. The number of carbonyl (C=O) groups is 1. The molecule has 3 nitrogen and oxygen atoms in total. The Labute approximate surface area is 141 Å². The number of benzene rings is 2. The van der Waals surface area contributed by atoms with Gasteiger partial charge in [-0.25, -0.2) is 0 Å². The molecule has 1 heterocycles. The molecule has 0 atom stereocenters. The smallest absolute Gasteiger partial charge is 0.185 e. The van der Waals surface area contributed by atoms with Crippen molar-refractivity contribution in [1.29, 1.82) is 5.26 Å². The minimum Gasteiger partial charge on any atom is -0.289 e. The molecule has 0 spiro atoms. The molecule has 0 N–H and O–H groups in total. The van der Waals surface area contributed by atoms with Gasteiger partial charge in [0.05, 0.1) is 11.6 Å². The van der Waals surface area contributed by atoms with Crippen molar-refractivity contribution < 1.29 is 4.79 Å². The Bertz CT molecular complexity index is 820. The third-order valence-corrected chi connectivity index (χ3v) is 3.09. The maximum absolute atomic E-state index is 11.7. The summed E-state index contributed by atoms with van der Waals surface area (Å²) in [7, 11) is 0. The molecule has 3 aromatic rings. The Hall–Kier alpha value is -3.51. The minimum atomic E-state index is 0.0319. The summed E-state index contributed by atoms with van der Waals surface area (Å²) in [6.45, 7) is 0. The number of nitriles is 1. The number of aromatic nitrogens is 1. The van der Waals surface area contributed by atoms with Crippen molar-refractivity contribution in [2.45, 2.75) is 0 Å². The van der Waals surface area contributed by atoms with Gasteiger partial charge in [0.25, 0.3) is 0 Å². The first-order chi connectivity index (χ1) is 11.8. The summed E-state index contributed by atoms with van der Waals surface area (Å²) in [5.41, 5.74) is 2.40. The van der Waals surface area contributed by atoms with Gasteiger partial charge in [-0.2, -0.15) is 5.26 Å². The van der Waals surface area contributed by atoms with Crippen LogP contribution in [0, 0.1) is 11.3 Å². The van der Waals surface area contributed by atoms with Crippen molar-refractivity contribution in [3.63, 3.8) is 0 Å². The maximum atomic E-state index is 11.7. The molecule has 0 aliphatic heterocycles. The highest BCUT2D eigenvalue weighted by molar-refractivity contribution is 6.06. The Morgan fingerprint density at radius 2 is 1.46 bits per heavy atom. The number of pyridine rings is 1. The van der Waals surface area contributed by atoms with Gasteiger partial charge in [0, 0.05) is 18.0 Å². The molecular formula is C21H16N2O. The highest BCUT2D eigenvalue weighted by Crippen LogP contribution is 2.05. The summed E-state index contributed by atoms with van der Waals surface area (Å²) in [6, 6.07) is 24.4. The van der Waals surface area contributed by atoms with Crippen molar-refractivity contribution >= 4 is 11.9 Å². The second-order valence-electron chi connectivity index (χ2n) is 4.82. The van der Waals surface area contributed by atoms with E-state index in [1.807, 2.05) is 72.8 Å². The molecule has 24 heavy (non-hydrogen) atoms. The lowest BCUT2D eigenvalue weighted by Gasteiger charge is -1.94. The third kappa shape index (κ3) is 5.70. The molecule has 0 radical (unpaired) electrons. The Morgan fingerprint density at radius 1 is 0.875 bits per heavy atom. The largest absolute Gasteiger partial charge is 0.289 e. The number of nitrogens with zero attached hydrogens (tertiary/aromatic N) is 2. The minimum absolute atomic E-state index is 0.0319. The molecule has 0 fully saturated rings. The summed E-state index contributed by atoms with van der Waals surface area (Å²) < 4.78 is 0. The standard InChI is InChI=1S/C15H12O.C6H4N2/c16-15(14-9-5-2-6-10-14)12-11-13-7-3-1-4-8-13;7-5-6-1-3-8-4-2-6/h1-12H;1-4H. The molecule has 116 valence electrons. The van der Waals surface area contributed by atoms with E-state index >= 15 is 0 Å². The van der Waals surface area contributed by atoms with Crippen LogP contribution in [-0.2, 0) is 0 Å². The van der Waals surface area contributed by atoms with E-state index in [9.17, 15) is 4.79 Å². The first-order valence-electron chi connectivity index (χ1n) is 7.42. The van der Waals surface area contributed by atoms with Crippen molar-refractivity contribution in [2.24, 2.45) is 0 Å². The molecule has 0 bridgehead atoms. The lowest BCUT2D eigenvalue weighted by Crippen LogP contribution is -1.92. The number of ketones is 1. The van der Waals surface area contributed by atoms with E-state index in [0.29, 0.717) is 5.56 Å². The average molecular weight is 312 g/mol. The lowest BCUT2D eigenvalue weighted by atomic mass is 10.1. The van der Waals surface area contributed by atoms with Crippen LogP contribution in [0.15, 0.2) is 91.3 Å². The highest BCUT2D eigenvalue weighted by atomic mass is 16.1. The molecule has 0 amide bonds. The molecule has 0 aliphatic carbocycles. The van der Waals surface area contributed by atoms with E-state index in [4.69, 9.17) is 5.26 Å². The molecular weight excluding hydrogens is 296 g/mol. The predicted octanol–water partition coefficient (Wildman–Crippen LogP) is 4.54. The number of allylic oxidation sites excluding steroid dienone is 1. The zero-order chi connectivity index (χ0) is 17.0. The van der Waals surface area contributed by atoms with E-state index in [1.165, 1.54) is 0 Å². The van der Waals surface area contributed by atoms with E-state index in [0.717, 1.165) is 11.1 Å². The van der Waals surface area contributed by atoms with Crippen LogP contribution in [0.1, 0.15) is 21.5 Å². The zero-order valence-electron chi connectivity index (χ0n) is 13.0. The van der Waals surface area contributed by atoms with Gasteiger partial charge in [-0.15, -0.1) is 0 Å². The van der Waals surface area contributed by atoms with Crippen molar-refractivity contribution in [2.75, 3.05) is 0 Å². The van der Waals surface area contributed by atoms with Gasteiger partial charge in [0.2, 0.25) is 0 Å². The van der Waals surface area contributed by atoms with Gasteiger partial charge in [-0.05, 0) is 23.8 Å². The van der Waals surface area contributed by atoms with E-state index in [1.54, 1.807) is 30.6 Å². The fraction of sp³-hybridized carbons (Fsp3) is 0. The summed E-state index contributed by atoms with van der Waals surface area (Å²) >= 11 is 0. The van der Waals surface area contributed by atoms with E-state index in [-0.39, 0.29) is 5.78 Å². The second kappa shape index (κ2) is 9.50. The number of rotatable bonds is 3. The van der Waals surface area contributed by atoms with Crippen LogP contribution in [0.2, 0.25) is 0 Å². The van der Waals surface area contributed by atoms with Gasteiger partial charge in [-0.1, -0.05) is 66.7 Å². The highest BCUT2D eigenvalue weighted by Gasteiger charge is 1.98. The summed E-state index contributed by atoms with van der Waals surface area (Å²) in [5.74, 6) is 0.0319. The Morgan fingerprint density at radius 3 is 2.00 bits per heavy atom.